The number of hydrogen-bond acceptors (Lipinski definition) is 5. The van der Waals surface area contributed by atoms with E-state index < -0.39 is 5.63 Å². The van der Waals surface area contributed by atoms with Crippen molar-refractivity contribution in [3.63, 3.8) is 0 Å². The van der Waals surface area contributed by atoms with Gasteiger partial charge in [-0.15, -0.1) is 0 Å². The Morgan fingerprint density at radius 2 is 1.96 bits per heavy atom. The molecule has 1 atom stereocenters. The van der Waals surface area contributed by atoms with Gasteiger partial charge in [-0.1, -0.05) is 42.5 Å². The van der Waals surface area contributed by atoms with Crippen molar-refractivity contribution >= 4 is 28.6 Å². The lowest BCUT2D eigenvalue weighted by atomic mass is 10.1. The molecule has 0 aliphatic carbocycles. The Bertz CT molecular complexity index is 1050. The third kappa shape index (κ3) is 3.64. The van der Waals surface area contributed by atoms with Crippen molar-refractivity contribution in [1.29, 1.82) is 0 Å². The summed E-state index contributed by atoms with van der Waals surface area (Å²) in [5.41, 5.74) is 1.09. The van der Waals surface area contributed by atoms with Crippen molar-refractivity contribution in [2.75, 3.05) is 26.0 Å². The summed E-state index contributed by atoms with van der Waals surface area (Å²) in [6.07, 6.45) is 0.854. The molecular formula is C22H21NO4S. The number of carbonyl (C=O) groups excluding carboxylic acids is 1. The molecule has 0 radical (unpaired) electrons. The molecule has 0 saturated carbocycles. The van der Waals surface area contributed by atoms with Gasteiger partial charge in [0, 0.05) is 29.5 Å². The molecule has 0 unspecified atom stereocenters. The van der Waals surface area contributed by atoms with Gasteiger partial charge in [-0.25, -0.2) is 4.79 Å². The first-order valence-electron chi connectivity index (χ1n) is 9.24. The van der Waals surface area contributed by atoms with Crippen LogP contribution in [0.15, 0.2) is 63.8 Å². The number of ether oxygens (including phenoxy) is 1. The van der Waals surface area contributed by atoms with Gasteiger partial charge < -0.3 is 14.1 Å². The van der Waals surface area contributed by atoms with Crippen LogP contribution in [0.3, 0.4) is 0 Å². The molecule has 1 saturated heterocycles. The maximum absolute atomic E-state index is 13.0. The standard InChI is InChI=1S/C22H21NO4S/c1-26-18-9-5-8-16-14-17(22(25)27-20(16)18)21(24)23-11-10-19(28-13-12-23)15-6-3-2-4-7-15/h2-9,14,19H,10-13H2,1H3/t19-/m0/s1. The highest BCUT2D eigenvalue weighted by molar-refractivity contribution is 7.99. The number of nitrogens with zero attached hydrogens (tertiary/aromatic N) is 1. The SMILES string of the molecule is COc1cccc2cc(C(=O)N3CCS[C@H](c4ccccc4)CC3)c(=O)oc12. The first-order chi connectivity index (χ1) is 13.7. The number of fused-ring (bicyclic) bond motifs is 1. The minimum atomic E-state index is -0.626. The van der Waals surface area contributed by atoms with Gasteiger partial charge in [0.2, 0.25) is 0 Å². The average molecular weight is 395 g/mol. The molecule has 0 spiro atoms. The van der Waals surface area contributed by atoms with Gasteiger partial charge in [0.15, 0.2) is 11.3 Å². The topological polar surface area (TPSA) is 59.8 Å². The van der Waals surface area contributed by atoms with Crippen LogP contribution in [0.5, 0.6) is 5.75 Å². The molecule has 144 valence electrons. The Labute approximate surface area is 167 Å². The smallest absolute Gasteiger partial charge is 0.349 e. The second-order valence-corrected chi connectivity index (χ2v) is 7.99. The predicted molar refractivity (Wildman–Crippen MR) is 111 cm³/mol. The van der Waals surface area contributed by atoms with Crippen molar-refractivity contribution in [3.8, 4) is 5.75 Å². The van der Waals surface area contributed by atoms with Crippen molar-refractivity contribution in [2.24, 2.45) is 0 Å². The maximum atomic E-state index is 13.0. The van der Waals surface area contributed by atoms with E-state index >= 15 is 0 Å². The van der Waals surface area contributed by atoms with E-state index in [4.69, 9.17) is 9.15 Å². The van der Waals surface area contributed by atoms with Gasteiger partial charge in [0.25, 0.3) is 5.91 Å². The lowest BCUT2D eigenvalue weighted by Gasteiger charge is -2.20. The van der Waals surface area contributed by atoms with Gasteiger partial charge in [-0.05, 0) is 24.1 Å². The van der Waals surface area contributed by atoms with Gasteiger partial charge >= 0.3 is 5.63 Å². The summed E-state index contributed by atoms with van der Waals surface area (Å²) in [7, 11) is 1.52. The van der Waals surface area contributed by atoms with E-state index in [0.29, 0.717) is 35.1 Å². The van der Waals surface area contributed by atoms with Gasteiger partial charge in [0.05, 0.1) is 7.11 Å². The quantitative estimate of drug-likeness (QED) is 0.625. The van der Waals surface area contributed by atoms with Crippen LogP contribution in [-0.4, -0.2) is 36.8 Å². The number of amides is 1. The van der Waals surface area contributed by atoms with Crippen LogP contribution >= 0.6 is 11.8 Å². The molecule has 0 bridgehead atoms. The molecule has 1 amide bonds. The average Bonchev–Trinajstić information content (AvgIpc) is 2.99. The third-order valence-electron chi connectivity index (χ3n) is 4.97. The molecule has 4 rings (SSSR count). The molecule has 1 aliphatic rings. The summed E-state index contributed by atoms with van der Waals surface area (Å²) < 4.78 is 10.7. The van der Waals surface area contributed by atoms with E-state index in [1.165, 1.54) is 12.7 Å². The van der Waals surface area contributed by atoms with Crippen LogP contribution in [0.1, 0.15) is 27.6 Å². The van der Waals surface area contributed by atoms with Crippen LogP contribution in [0.2, 0.25) is 0 Å². The summed E-state index contributed by atoms with van der Waals surface area (Å²) in [5.74, 6) is 1.04. The van der Waals surface area contributed by atoms with E-state index in [-0.39, 0.29) is 11.5 Å². The fraction of sp³-hybridized carbons (Fsp3) is 0.273. The van der Waals surface area contributed by atoms with E-state index in [1.807, 2.05) is 36.0 Å². The van der Waals surface area contributed by atoms with Crippen LogP contribution < -0.4 is 10.4 Å². The second kappa shape index (κ2) is 8.10. The van der Waals surface area contributed by atoms with Crippen LogP contribution in [0.4, 0.5) is 0 Å². The number of thioether (sulfide) groups is 1. The minimum absolute atomic E-state index is 0.0731. The maximum Gasteiger partial charge on any atom is 0.349 e. The van der Waals surface area contributed by atoms with Crippen molar-refractivity contribution in [3.05, 3.63) is 76.1 Å². The molecule has 1 fully saturated rings. The van der Waals surface area contributed by atoms with Crippen LogP contribution in [-0.2, 0) is 0 Å². The number of hydrogen-bond donors (Lipinski definition) is 0. The number of carbonyl (C=O) groups is 1. The largest absolute Gasteiger partial charge is 0.493 e. The zero-order valence-electron chi connectivity index (χ0n) is 15.6. The molecule has 28 heavy (non-hydrogen) atoms. The molecule has 6 heteroatoms. The first-order valence-corrected chi connectivity index (χ1v) is 10.3. The molecule has 2 heterocycles. The van der Waals surface area contributed by atoms with Gasteiger partial charge in [-0.3, -0.25) is 4.79 Å². The van der Waals surface area contributed by atoms with Crippen LogP contribution in [0.25, 0.3) is 11.0 Å². The van der Waals surface area contributed by atoms with Gasteiger partial charge in [-0.2, -0.15) is 11.8 Å². The molecule has 1 aromatic heterocycles. The Morgan fingerprint density at radius 3 is 2.75 bits per heavy atom. The summed E-state index contributed by atoms with van der Waals surface area (Å²) in [6.45, 7) is 1.23. The minimum Gasteiger partial charge on any atom is -0.493 e. The Balaban J connectivity index is 1.58. The lowest BCUT2D eigenvalue weighted by molar-refractivity contribution is 0.0762. The number of benzene rings is 2. The van der Waals surface area contributed by atoms with E-state index in [9.17, 15) is 9.59 Å². The zero-order chi connectivity index (χ0) is 19.5. The number of rotatable bonds is 3. The monoisotopic (exact) mass is 395 g/mol. The van der Waals surface area contributed by atoms with Gasteiger partial charge in [0.1, 0.15) is 5.56 Å². The molecule has 0 N–H and O–H groups in total. The predicted octanol–water partition coefficient (Wildman–Crippen LogP) is 4.12. The normalized spacial score (nSPS) is 17.3. The number of para-hydroxylation sites is 1. The molecule has 2 aromatic carbocycles. The second-order valence-electron chi connectivity index (χ2n) is 6.68. The van der Waals surface area contributed by atoms with Crippen LogP contribution in [0, 0.1) is 0 Å². The summed E-state index contributed by atoms with van der Waals surface area (Å²) >= 11 is 1.85. The third-order valence-corrected chi connectivity index (χ3v) is 6.30. The molecule has 3 aromatic rings. The molecule has 1 aliphatic heterocycles. The Morgan fingerprint density at radius 1 is 1.14 bits per heavy atom. The first kappa shape index (κ1) is 18.6. The van der Waals surface area contributed by atoms with Crippen molar-refractivity contribution < 1.29 is 13.9 Å². The van der Waals surface area contributed by atoms with E-state index in [0.717, 1.165) is 12.2 Å². The van der Waals surface area contributed by atoms with E-state index in [2.05, 4.69) is 12.1 Å². The summed E-state index contributed by atoms with van der Waals surface area (Å²) in [5, 5.41) is 1.03. The highest BCUT2D eigenvalue weighted by Gasteiger charge is 2.25. The highest BCUT2D eigenvalue weighted by Crippen LogP contribution is 2.34. The Hall–Kier alpha value is -2.73. The summed E-state index contributed by atoms with van der Waals surface area (Å²) in [6, 6.07) is 17.3. The highest BCUT2D eigenvalue weighted by atomic mass is 32.2. The fourth-order valence-corrected chi connectivity index (χ4v) is 4.74. The summed E-state index contributed by atoms with van der Waals surface area (Å²) in [4.78, 5) is 27.3. The zero-order valence-corrected chi connectivity index (χ0v) is 16.4. The van der Waals surface area contributed by atoms with E-state index in [1.54, 1.807) is 23.1 Å². The lowest BCUT2D eigenvalue weighted by Crippen LogP contribution is -2.35. The Kier molecular flexibility index (Phi) is 5.39. The van der Waals surface area contributed by atoms with Crippen molar-refractivity contribution in [2.45, 2.75) is 11.7 Å². The molecule has 5 nitrogen and oxygen atoms in total. The van der Waals surface area contributed by atoms with Crippen molar-refractivity contribution in [1.82, 2.24) is 4.90 Å². The number of methoxy groups -OCH3 is 1. The molecular weight excluding hydrogens is 374 g/mol. The fourth-order valence-electron chi connectivity index (χ4n) is 3.50.